The molecule has 2 rings (SSSR count). The van der Waals surface area contributed by atoms with Crippen LogP contribution in [0.2, 0.25) is 0 Å². The van der Waals surface area contributed by atoms with E-state index < -0.39 is 0 Å². The molecular formula is C13H26N2. The van der Waals surface area contributed by atoms with Crippen LogP contribution in [0.1, 0.15) is 51.9 Å². The van der Waals surface area contributed by atoms with Crippen molar-refractivity contribution in [1.29, 1.82) is 0 Å². The summed E-state index contributed by atoms with van der Waals surface area (Å²) >= 11 is 0. The number of hydrogen-bond acceptors (Lipinski definition) is 2. The van der Waals surface area contributed by atoms with Gasteiger partial charge in [0, 0.05) is 12.1 Å². The van der Waals surface area contributed by atoms with Crippen molar-refractivity contribution in [1.82, 2.24) is 5.32 Å². The average Bonchev–Trinajstić information content (AvgIpc) is 2.98. The quantitative estimate of drug-likeness (QED) is 0.660. The summed E-state index contributed by atoms with van der Waals surface area (Å²) in [4.78, 5) is 0. The maximum atomic E-state index is 5.92. The molecule has 0 saturated heterocycles. The summed E-state index contributed by atoms with van der Waals surface area (Å²) in [6.07, 6.45) is 9.68. The minimum Gasteiger partial charge on any atom is -0.329 e. The Morgan fingerprint density at radius 2 is 2.13 bits per heavy atom. The maximum absolute atomic E-state index is 5.92. The van der Waals surface area contributed by atoms with Crippen LogP contribution >= 0.6 is 0 Å². The van der Waals surface area contributed by atoms with Crippen LogP contribution in [0.3, 0.4) is 0 Å². The van der Waals surface area contributed by atoms with E-state index >= 15 is 0 Å². The third kappa shape index (κ3) is 3.18. The first kappa shape index (κ1) is 11.4. The molecule has 0 aromatic carbocycles. The zero-order chi connectivity index (χ0) is 10.7. The molecule has 0 radical (unpaired) electrons. The van der Waals surface area contributed by atoms with Gasteiger partial charge in [-0.2, -0.15) is 0 Å². The smallest absolute Gasteiger partial charge is 0.0306 e. The van der Waals surface area contributed by atoms with E-state index in [2.05, 4.69) is 12.2 Å². The van der Waals surface area contributed by atoms with Gasteiger partial charge in [0.05, 0.1) is 0 Å². The first-order valence-electron chi connectivity index (χ1n) is 6.69. The predicted octanol–water partition coefficient (Wildman–Crippen LogP) is 2.28. The fourth-order valence-electron chi connectivity index (χ4n) is 2.96. The molecule has 2 aliphatic rings. The Morgan fingerprint density at radius 3 is 2.67 bits per heavy atom. The van der Waals surface area contributed by atoms with Gasteiger partial charge in [0.15, 0.2) is 0 Å². The molecule has 2 atom stereocenters. The van der Waals surface area contributed by atoms with Crippen LogP contribution in [0.25, 0.3) is 0 Å². The normalized spacial score (nSPS) is 36.0. The summed E-state index contributed by atoms with van der Waals surface area (Å²) in [6, 6.07) is 0. The number of nitrogens with two attached hydrogens (primary N) is 1. The van der Waals surface area contributed by atoms with Crippen molar-refractivity contribution >= 4 is 0 Å². The molecule has 2 fully saturated rings. The number of nitrogens with one attached hydrogen (secondary N) is 1. The van der Waals surface area contributed by atoms with Crippen molar-refractivity contribution in [2.45, 2.75) is 57.4 Å². The molecule has 2 saturated carbocycles. The summed E-state index contributed by atoms with van der Waals surface area (Å²) in [6.45, 7) is 4.35. The van der Waals surface area contributed by atoms with Gasteiger partial charge in [0.1, 0.15) is 0 Å². The fraction of sp³-hybridized carbons (Fsp3) is 1.00. The Morgan fingerprint density at radius 1 is 1.33 bits per heavy atom. The van der Waals surface area contributed by atoms with Crippen LogP contribution in [0.4, 0.5) is 0 Å². The molecule has 0 aliphatic heterocycles. The Kier molecular flexibility index (Phi) is 3.68. The zero-order valence-corrected chi connectivity index (χ0v) is 10.1. The molecule has 2 aliphatic carbocycles. The van der Waals surface area contributed by atoms with Gasteiger partial charge in [-0.05, 0) is 50.5 Å². The van der Waals surface area contributed by atoms with Crippen molar-refractivity contribution in [2.75, 3.05) is 13.1 Å². The predicted molar refractivity (Wildman–Crippen MR) is 64.8 cm³/mol. The molecule has 2 nitrogen and oxygen atoms in total. The summed E-state index contributed by atoms with van der Waals surface area (Å²) in [5, 5.41) is 3.73. The number of rotatable bonds is 6. The van der Waals surface area contributed by atoms with Crippen molar-refractivity contribution < 1.29 is 0 Å². The summed E-state index contributed by atoms with van der Waals surface area (Å²) in [5.74, 6) is 1.94. The van der Waals surface area contributed by atoms with Gasteiger partial charge in [-0.1, -0.05) is 19.8 Å². The van der Waals surface area contributed by atoms with E-state index in [4.69, 9.17) is 5.73 Å². The van der Waals surface area contributed by atoms with Crippen LogP contribution in [-0.4, -0.2) is 18.6 Å². The topological polar surface area (TPSA) is 38.0 Å². The van der Waals surface area contributed by atoms with Crippen LogP contribution in [0.15, 0.2) is 0 Å². The Bertz CT molecular complexity index is 201. The fourth-order valence-corrected chi connectivity index (χ4v) is 2.96. The van der Waals surface area contributed by atoms with Gasteiger partial charge in [-0.15, -0.1) is 0 Å². The second kappa shape index (κ2) is 4.84. The molecular weight excluding hydrogens is 184 g/mol. The molecule has 2 heteroatoms. The highest BCUT2D eigenvalue weighted by atomic mass is 15.0. The largest absolute Gasteiger partial charge is 0.329 e. The molecule has 2 unspecified atom stereocenters. The lowest BCUT2D eigenvalue weighted by molar-refractivity contribution is 0.327. The first-order valence-corrected chi connectivity index (χ1v) is 6.69. The van der Waals surface area contributed by atoms with E-state index in [9.17, 15) is 0 Å². The van der Waals surface area contributed by atoms with Crippen LogP contribution < -0.4 is 11.1 Å². The molecule has 88 valence electrons. The van der Waals surface area contributed by atoms with E-state index in [0.29, 0.717) is 5.54 Å². The molecule has 0 amide bonds. The Labute approximate surface area is 94.0 Å². The monoisotopic (exact) mass is 210 g/mol. The molecule has 0 heterocycles. The van der Waals surface area contributed by atoms with Gasteiger partial charge in [0.25, 0.3) is 0 Å². The Hall–Kier alpha value is -0.0800. The Balaban J connectivity index is 1.65. The van der Waals surface area contributed by atoms with E-state index in [-0.39, 0.29) is 0 Å². The van der Waals surface area contributed by atoms with Gasteiger partial charge < -0.3 is 11.1 Å². The summed E-state index contributed by atoms with van der Waals surface area (Å²) < 4.78 is 0. The van der Waals surface area contributed by atoms with Crippen molar-refractivity contribution in [2.24, 2.45) is 17.6 Å². The van der Waals surface area contributed by atoms with Crippen LogP contribution in [-0.2, 0) is 0 Å². The van der Waals surface area contributed by atoms with Crippen molar-refractivity contribution in [3.63, 3.8) is 0 Å². The van der Waals surface area contributed by atoms with Crippen LogP contribution in [0, 0.1) is 11.8 Å². The van der Waals surface area contributed by atoms with E-state index in [1.54, 1.807) is 0 Å². The average molecular weight is 210 g/mol. The second-order valence-corrected chi connectivity index (χ2v) is 5.84. The van der Waals surface area contributed by atoms with Crippen molar-refractivity contribution in [3.8, 4) is 0 Å². The molecule has 0 spiro atoms. The van der Waals surface area contributed by atoms with E-state index in [1.165, 1.54) is 51.5 Å². The highest BCUT2D eigenvalue weighted by Gasteiger charge is 2.35. The third-order valence-corrected chi connectivity index (χ3v) is 4.23. The highest BCUT2D eigenvalue weighted by Crippen LogP contribution is 2.35. The third-order valence-electron chi connectivity index (χ3n) is 4.23. The SMILES string of the molecule is CC1CCC(CN)(NCCCC2CC2)C1. The first-order chi connectivity index (χ1) is 7.24. The maximum Gasteiger partial charge on any atom is 0.0306 e. The molecule has 0 aromatic heterocycles. The lowest BCUT2D eigenvalue weighted by Gasteiger charge is -2.29. The minimum absolute atomic E-state index is 0.295. The standard InChI is InChI=1S/C13H26N2/c1-11-6-7-13(9-11,10-14)15-8-2-3-12-4-5-12/h11-12,15H,2-10,14H2,1H3. The van der Waals surface area contributed by atoms with E-state index in [0.717, 1.165) is 18.4 Å². The van der Waals surface area contributed by atoms with Crippen molar-refractivity contribution in [3.05, 3.63) is 0 Å². The van der Waals surface area contributed by atoms with Gasteiger partial charge in [-0.3, -0.25) is 0 Å². The zero-order valence-electron chi connectivity index (χ0n) is 10.1. The lowest BCUT2D eigenvalue weighted by Crippen LogP contribution is -2.49. The highest BCUT2D eigenvalue weighted by molar-refractivity contribution is 4.96. The minimum atomic E-state index is 0.295. The van der Waals surface area contributed by atoms with Gasteiger partial charge >= 0.3 is 0 Å². The van der Waals surface area contributed by atoms with E-state index in [1.807, 2.05) is 0 Å². The second-order valence-electron chi connectivity index (χ2n) is 5.84. The molecule has 0 aromatic rings. The molecule has 15 heavy (non-hydrogen) atoms. The molecule has 3 N–H and O–H groups in total. The summed E-state index contributed by atoms with van der Waals surface area (Å²) in [5.41, 5.74) is 6.22. The van der Waals surface area contributed by atoms with Gasteiger partial charge in [-0.25, -0.2) is 0 Å². The number of hydrogen-bond donors (Lipinski definition) is 2. The lowest BCUT2D eigenvalue weighted by atomic mass is 9.96. The summed E-state index contributed by atoms with van der Waals surface area (Å²) in [7, 11) is 0. The molecule has 0 bridgehead atoms. The van der Waals surface area contributed by atoms with Gasteiger partial charge in [0.2, 0.25) is 0 Å². The van der Waals surface area contributed by atoms with Crippen LogP contribution in [0.5, 0.6) is 0 Å².